The van der Waals surface area contributed by atoms with Gasteiger partial charge in [-0.05, 0) is 70.7 Å². The summed E-state index contributed by atoms with van der Waals surface area (Å²) >= 11 is 0. The summed E-state index contributed by atoms with van der Waals surface area (Å²) in [6.45, 7) is 0. The van der Waals surface area contributed by atoms with Crippen molar-refractivity contribution in [2.75, 3.05) is 0 Å². The van der Waals surface area contributed by atoms with Gasteiger partial charge in [-0.15, -0.1) is 0 Å². The topological polar surface area (TPSA) is 20.2 Å². The Morgan fingerprint density at radius 3 is 2.10 bits per heavy atom. The molecule has 2 atom stereocenters. The van der Waals surface area contributed by atoms with Crippen LogP contribution in [0.25, 0.3) is 0 Å². The van der Waals surface area contributed by atoms with Gasteiger partial charge in [-0.25, -0.2) is 0 Å². The molecule has 0 heterocycles. The van der Waals surface area contributed by atoms with E-state index in [9.17, 15) is 5.11 Å². The zero-order valence-electron chi connectivity index (χ0n) is 17.0. The molecule has 0 spiro atoms. The quantitative estimate of drug-likeness (QED) is 0.404. The van der Waals surface area contributed by atoms with Gasteiger partial charge in [0.25, 0.3) is 0 Å². The molecule has 4 aromatic rings. The maximum atomic E-state index is 9.81. The summed E-state index contributed by atoms with van der Waals surface area (Å²) in [5.41, 5.74) is 8.30. The van der Waals surface area contributed by atoms with E-state index in [1.165, 1.54) is 33.4 Å². The Labute approximate surface area is 178 Å². The maximum Gasteiger partial charge on any atom is 0.115 e. The molecule has 5 rings (SSSR count). The highest BCUT2D eigenvalue weighted by molar-refractivity contribution is 5.47. The number of hydrogen-bond acceptors (Lipinski definition) is 1. The number of rotatable bonds is 4. The number of phenols is 1. The molecule has 0 aromatic heterocycles. The van der Waals surface area contributed by atoms with Gasteiger partial charge in [-0.1, -0.05) is 91.0 Å². The normalized spacial score (nSPS) is 18.0. The largest absolute Gasteiger partial charge is 0.508 e. The number of hydrogen-bond donors (Lipinski definition) is 1. The minimum Gasteiger partial charge on any atom is -0.508 e. The zero-order chi connectivity index (χ0) is 20.3. The molecule has 1 N–H and O–H groups in total. The van der Waals surface area contributed by atoms with Crippen molar-refractivity contribution in [1.29, 1.82) is 0 Å². The van der Waals surface area contributed by atoms with E-state index in [-0.39, 0.29) is 0 Å². The van der Waals surface area contributed by atoms with Crippen LogP contribution in [0.4, 0.5) is 0 Å². The van der Waals surface area contributed by atoms with E-state index < -0.39 is 0 Å². The first-order valence-electron chi connectivity index (χ1n) is 10.8. The first-order chi connectivity index (χ1) is 14.8. The number of aromatic hydroxyl groups is 1. The fraction of sp³-hybridized carbons (Fsp3) is 0.172. The Bertz CT molecular complexity index is 1110. The summed E-state index contributed by atoms with van der Waals surface area (Å²) in [6, 6.07) is 36.4. The van der Waals surface area contributed by atoms with Crippen LogP contribution >= 0.6 is 0 Å². The van der Waals surface area contributed by atoms with Crippen molar-refractivity contribution in [3.63, 3.8) is 0 Å². The minimum absolute atomic E-state index is 0.308. The Kier molecular flexibility index (Phi) is 5.11. The van der Waals surface area contributed by atoms with Crippen molar-refractivity contribution in [3.8, 4) is 5.75 Å². The molecule has 148 valence electrons. The summed E-state index contributed by atoms with van der Waals surface area (Å²) in [5.74, 6) is 1.08. The molecule has 1 heteroatoms. The standard InChI is InChI=1S/C29H26O/c30-26-15-12-24(13-16-26)29-27(23-9-5-2-6-10-23)18-14-25-20-22(11-17-28(25)29)19-21-7-3-1-4-8-21/h1-13,15-17,20,27,29-30H,14,18-19H2. The lowest BCUT2D eigenvalue weighted by Crippen LogP contribution is -2.20. The molecule has 30 heavy (non-hydrogen) atoms. The minimum atomic E-state index is 0.308. The van der Waals surface area contributed by atoms with Crippen LogP contribution in [0, 0.1) is 0 Å². The number of aryl methyl sites for hydroxylation is 1. The van der Waals surface area contributed by atoms with Crippen LogP contribution in [0.3, 0.4) is 0 Å². The Balaban J connectivity index is 1.55. The van der Waals surface area contributed by atoms with Crippen LogP contribution in [0.2, 0.25) is 0 Å². The number of benzene rings is 4. The van der Waals surface area contributed by atoms with Crippen LogP contribution in [0.15, 0.2) is 103 Å². The average molecular weight is 391 g/mol. The molecular weight excluding hydrogens is 364 g/mol. The SMILES string of the molecule is Oc1ccc(C2c3ccc(Cc4ccccc4)cc3CCC2c2ccccc2)cc1. The van der Waals surface area contributed by atoms with E-state index >= 15 is 0 Å². The van der Waals surface area contributed by atoms with Crippen molar-refractivity contribution in [2.45, 2.75) is 31.1 Å². The monoisotopic (exact) mass is 390 g/mol. The molecule has 2 unspecified atom stereocenters. The fourth-order valence-corrected chi connectivity index (χ4v) is 4.97. The molecule has 0 saturated heterocycles. The highest BCUT2D eigenvalue weighted by atomic mass is 16.3. The van der Waals surface area contributed by atoms with E-state index in [4.69, 9.17) is 0 Å². The van der Waals surface area contributed by atoms with Crippen LogP contribution in [0.5, 0.6) is 5.75 Å². The van der Waals surface area contributed by atoms with E-state index in [0.29, 0.717) is 17.6 Å². The molecule has 0 saturated carbocycles. The van der Waals surface area contributed by atoms with Crippen molar-refractivity contribution < 1.29 is 5.11 Å². The number of fused-ring (bicyclic) bond motifs is 1. The molecule has 0 aliphatic heterocycles. The molecule has 0 bridgehead atoms. The molecule has 0 amide bonds. The van der Waals surface area contributed by atoms with Crippen molar-refractivity contribution >= 4 is 0 Å². The van der Waals surface area contributed by atoms with Crippen LogP contribution < -0.4 is 0 Å². The van der Waals surface area contributed by atoms with Crippen LogP contribution in [-0.2, 0) is 12.8 Å². The fourth-order valence-electron chi connectivity index (χ4n) is 4.97. The van der Waals surface area contributed by atoms with Gasteiger partial charge >= 0.3 is 0 Å². The van der Waals surface area contributed by atoms with E-state index in [1.807, 2.05) is 12.1 Å². The third kappa shape index (κ3) is 3.76. The lowest BCUT2D eigenvalue weighted by Gasteiger charge is -2.35. The first-order valence-corrected chi connectivity index (χ1v) is 10.8. The van der Waals surface area contributed by atoms with Gasteiger partial charge in [0.2, 0.25) is 0 Å². The lowest BCUT2D eigenvalue weighted by atomic mass is 9.69. The summed E-state index contributed by atoms with van der Waals surface area (Å²) < 4.78 is 0. The molecular formula is C29H26O. The smallest absolute Gasteiger partial charge is 0.115 e. The highest BCUT2D eigenvalue weighted by Crippen LogP contribution is 2.46. The molecule has 0 fully saturated rings. The maximum absolute atomic E-state index is 9.81. The van der Waals surface area contributed by atoms with Gasteiger partial charge in [0, 0.05) is 5.92 Å². The summed E-state index contributed by atoms with van der Waals surface area (Å²) in [6.07, 6.45) is 3.21. The van der Waals surface area contributed by atoms with Gasteiger partial charge in [0.15, 0.2) is 0 Å². The lowest BCUT2D eigenvalue weighted by molar-refractivity contribution is 0.474. The van der Waals surface area contributed by atoms with E-state index in [1.54, 1.807) is 0 Å². The zero-order valence-corrected chi connectivity index (χ0v) is 17.0. The van der Waals surface area contributed by atoms with E-state index in [0.717, 1.165) is 19.3 Å². The summed E-state index contributed by atoms with van der Waals surface area (Å²) in [5, 5.41) is 9.81. The Morgan fingerprint density at radius 1 is 0.667 bits per heavy atom. The van der Waals surface area contributed by atoms with Crippen molar-refractivity contribution in [3.05, 3.63) is 137 Å². The predicted octanol–water partition coefficient (Wildman–Crippen LogP) is 6.84. The Hall–Kier alpha value is -3.32. The van der Waals surface area contributed by atoms with Crippen LogP contribution in [-0.4, -0.2) is 5.11 Å². The Morgan fingerprint density at radius 2 is 1.37 bits per heavy atom. The highest BCUT2D eigenvalue weighted by Gasteiger charge is 2.32. The van der Waals surface area contributed by atoms with Gasteiger partial charge in [0.05, 0.1) is 0 Å². The molecule has 1 aliphatic carbocycles. The second-order valence-electron chi connectivity index (χ2n) is 8.32. The second-order valence-corrected chi connectivity index (χ2v) is 8.32. The van der Waals surface area contributed by atoms with Gasteiger partial charge in [-0.2, -0.15) is 0 Å². The molecule has 1 aliphatic rings. The molecule has 0 radical (unpaired) electrons. The second kappa shape index (κ2) is 8.20. The molecule has 1 nitrogen and oxygen atoms in total. The third-order valence-electron chi connectivity index (χ3n) is 6.40. The summed E-state index contributed by atoms with van der Waals surface area (Å²) in [4.78, 5) is 0. The number of phenolic OH excluding ortho intramolecular Hbond substituents is 1. The van der Waals surface area contributed by atoms with Gasteiger partial charge in [-0.3, -0.25) is 0 Å². The van der Waals surface area contributed by atoms with E-state index in [2.05, 4.69) is 91.0 Å². The third-order valence-corrected chi connectivity index (χ3v) is 6.40. The van der Waals surface area contributed by atoms with Gasteiger partial charge < -0.3 is 5.11 Å². The van der Waals surface area contributed by atoms with Crippen molar-refractivity contribution in [2.24, 2.45) is 0 Å². The van der Waals surface area contributed by atoms with Crippen LogP contribution in [0.1, 0.15) is 51.6 Å². The van der Waals surface area contributed by atoms with Gasteiger partial charge in [0.1, 0.15) is 5.75 Å². The average Bonchev–Trinajstić information content (AvgIpc) is 2.80. The van der Waals surface area contributed by atoms with Crippen molar-refractivity contribution in [1.82, 2.24) is 0 Å². The predicted molar refractivity (Wildman–Crippen MR) is 123 cm³/mol. The first kappa shape index (κ1) is 18.7. The molecule has 4 aromatic carbocycles. The summed E-state index contributed by atoms with van der Waals surface area (Å²) in [7, 11) is 0.